The van der Waals surface area contributed by atoms with Gasteiger partial charge in [-0.3, -0.25) is 19.5 Å². The van der Waals surface area contributed by atoms with E-state index < -0.39 is 5.91 Å². The monoisotopic (exact) mass is 500 g/mol. The largest absolute Gasteiger partial charge is 0.496 e. The average molecular weight is 501 g/mol. The number of carbonyl (C=O) groups excluding carboxylic acids is 1. The molecule has 10 nitrogen and oxygen atoms in total. The van der Waals surface area contributed by atoms with Crippen LogP contribution in [0.2, 0.25) is 0 Å². The molecule has 0 aliphatic carbocycles. The van der Waals surface area contributed by atoms with E-state index in [0.717, 1.165) is 30.9 Å². The van der Waals surface area contributed by atoms with Crippen LogP contribution in [0.5, 0.6) is 5.75 Å². The van der Waals surface area contributed by atoms with E-state index in [0.29, 0.717) is 58.8 Å². The van der Waals surface area contributed by atoms with Crippen molar-refractivity contribution < 1.29 is 14.3 Å². The number of primary amides is 1. The van der Waals surface area contributed by atoms with Crippen LogP contribution in [0.4, 0.5) is 11.5 Å². The third kappa shape index (κ3) is 5.30. The molecule has 37 heavy (non-hydrogen) atoms. The zero-order chi connectivity index (χ0) is 25.8. The van der Waals surface area contributed by atoms with Gasteiger partial charge in [0.15, 0.2) is 0 Å². The van der Waals surface area contributed by atoms with Crippen LogP contribution in [0.3, 0.4) is 0 Å². The number of pyridine rings is 3. The number of methoxy groups -OCH3 is 1. The number of carbonyl (C=O) groups is 1. The number of hydrogen-bond acceptors (Lipinski definition) is 8. The van der Waals surface area contributed by atoms with Crippen LogP contribution in [-0.2, 0) is 11.2 Å². The van der Waals surface area contributed by atoms with E-state index in [2.05, 4.69) is 20.2 Å². The molecule has 10 heteroatoms. The molecule has 0 bridgehead atoms. The first-order chi connectivity index (χ1) is 18.0. The van der Waals surface area contributed by atoms with Gasteiger partial charge in [-0.25, -0.2) is 4.98 Å². The first kappa shape index (κ1) is 24.4. The van der Waals surface area contributed by atoms with Gasteiger partial charge >= 0.3 is 0 Å². The van der Waals surface area contributed by atoms with E-state index in [1.807, 2.05) is 12.1 Å². The van der Waals surface area contributed by atoms with Gasteiger partial charge in [-0.2, -0.15) is 0 Å². The minimum absolute atomic E-state index is 0.263. The number of amides is 1. The Morgan fingerprint density at radius 3 is 2.84 bits per heavy atom. The number of benzene rings is 1. The summed E-state index contributed by atoms with van der Waals surface area (Å²) in [4.78, 5) is 38.9. The topological polar surface area (TPSA) is 135 Å². The van der Waals surface area contributed by atoms with Crippen molar-refractivity contribution in [2.45, 2.75) is 6.42 Å². The Balaban J connectivity index is 1.58. The van der Waals surface area contributed by atoms with Crippen molar-refractivity contribution in [1.82, 2.24) is 19.9 Å². The van der Waals surface area contributed by atoms with E-state index in [9.17, 15) is 9.59 Å². The van der Waals surface area contributed by atoms with E-state index in [1.165, 1.54) is 0 Å². The molecule has 0 atom stereocenters. The molecule has 1 aromatic carbocycles. The number of aromatic amines is 1. The molecule has 4 aromatic rings. The number of nitrogens with zero attached hydrogens (tertiary/aromatic N) is 3. The molecule has 5 rings (SSSR count). The average Bonchev–Trinajstić information content (AvgIpc) is 2.92. The summed E-state index contributed by atoms with van der Waals surface area (Å²) in [7, 11) is 1.59. The van der Waals surface area contributed by atoms with Gasteiger partial charge in [-0.05, 0) is 53.8 Å². The second kappa shape index (κ2) is 10.8. The Morgan fingerprint density at radius 1 is 1.22 bits per heavy atom. The molecule has 0 spiro atoms. The summed E-state index contributed by atoms with van der Waals surface area (Å²) in [6.07, 6.45) is 5.61. The van der Waals surface area contributed by atoms with Crippen LogP contribution < -0.4 is 21.3 Å². The molecule has 1 aliphatic rings. The van der Waals surface area contributed by atoms with Crippen LogP contribution in [0, 0.1) is 0 Å². The second-order valence-corrected chi connectivity index (χ2v) is 8.77. The lowest BCUT2D eigenvalue weighted by atomic mass is 10.0. The van der Waals surface area contributed by atoms with Crippen molar-refractivity contribution >= 4 is 28.2 Å². The number of aromatic nitrogens is 3. The van der Waals surface area contributed by atoms with Crippen molar-refractivity contribution in [2.24, 2.45) is 5.73 Å². The van der Waals surface area contributed by atoms with Gasteiger partial charge in [0.1, 0.15) is 11.6 Å². The standard InChI is InChI=1S/C27H28N6O4/c1-36-23-5-7-29-16-20(23)22-15-18-4-8-30-27(35)24(18)26(32-22)31-21-3-2-19(25(28)34)14-17(21)6-9-33-10-12-37-13-11-33/h2-5,7-8,14-16H,6,9-13H2,1H3,(H2,28,34)(H,30,35)(H,31,32). The Kier molecular flexibility index (Phi) is 7.11. The normalized spacial score (nSPS) is 14.0. The van der Waals surface area contributed by atoms with Gasteiger partial charge < -0.3 is 25.5 Å². The zero-order valence-electron chi connectivity index (χ0n) is 20.5. The van der Waals surface area contributed by atoms with Gasteiger partial charge in [0.05, 0.1) is 37.0 Å². The SMILES string of the molecule is COc1ccncc1-c1cc2cc[nH]c(=O)c2c(Nc2ccc(C(N)=O)cc2CCN2CCOCC2)n1. The van der Waals surface area contributed by atoms with Crippen molar-refractivity contribution in [2.75, 3.05) is 45.3 Å². The Labute approximate surface area is 213 Å². The van der Waals surface area contributed by atoms with Crippen LogP contribution in [0.25, 0.3) is 22.0 Å². The molecule has 0 saturated carbocycles. The smallest absolute Gasteiger partial charge is 0.259 e. The van der Waals surface area contributed by atoms with E-state index in [1.54, 1.807) is 50.0 Å². The van der Waals surface area contributed by atoms with Crippen molar-refractivity contribution in [3.63, 3.8) is 0 Å². The quantitative estimate of drug-likeness (QED) is 0.336. The summed E-state index contributed by atoms with van der Waals surface area (Å²) >= 11 is 0. The van der Waals surface area contributed by atoms with Crippen LogP contribution in [-0.4, -0.2) is 65.7 Å². The lowest BCUT2D eigenvalue weighted by molar-refractivity contribution is 0.0384. The molecule has 1 saturated heterocycles. The molecule has 3 aromatic heterocycles. The Morgan fingerprint density at radius 2 is 2.05 bits per heavy atom. The summed E-state index contributed by atoms with van der Waals surface area (Å²) in [5, 5.41) is 4.51. The first-order valence-electron chi connectivity index (χ1n) is 12.0. The fraction of sp³-hybridized carbons (Fsp3) is 0.259. The molecule has 0 unspecified atom stereocenters. The van der Waals surface area contributed by atoms with E-state index >= 15 is 0 Å². The number of fused-ring (bicyclic) bond motifs is 1. The highest BCUT2D eigenvalue weighted by molar-refractivity contribution is 5.96. The maximum absolute atomic E-state index is 12.9. The number of anilines is 2. The molecule has 1 aliphatic heterocycles. The maximum Gasteiger partial charge on any atom is 0.259 e. The molecule has 4 N–H and O–H groups in total. The fourth-order valence-corrected chi connectivity index (χ4v) is 4.50. The van der Waals surface area contributed by atoms with E-state index in [4.69, 9.17) is 20.2 Å². The Bertz CT molecular complexity index is 1500. The van der Waals surface area contributed by atoms with Gasteiger partial charge in [-0.1, -0.05) is 0 Å². The predicted molar refractivity (Wildman–Crippen MR) is 141 cm³/mol. The van der Waals surface area contributed by atoms with Gasteiger partial charge in [-0.15, -0.1) is 0 Å². The summed E-state index contributed by atoms with van der Waals surface area (Å²) < 4.78 is 11.0. The summed E-state index contributed by atoms with van der Waals surface area (Å²) in [5.74, 6) is 0.513. The van der Waals surface area contributed by atoms with Crippen molar-refractivity contribution in [3.8, 4) is 17.0 Å². The number of H-pyrrole nitrogens is 1. The molecule has 190 valence electrons. The number of morpholine rings is 1. The number of nitrogens with one attached hydrogen (secondary N) is 2. The molecule has 4 heterocycles. The summed E-state index contributed by atoms with van der Waals surface area (Å²) in [6.45, 7) is 3.91. The Hall–Kier alpha value is -4.28. The minimum Gasteiger partial charge on any atom is -0.496 e. The molecule has 1 amide bonds. The van der Waals surface area contributed by atoms with Crippen LogP contribution >= 0.6 is 0 Å². The lowest BCUT2D eigenvalue weighted by Crippen LogP contribution is -2.37. The van der Waals surface area contributed by atoms with Crippen LogP contribution in [0.1, 0.15) is 15.9 Å². The maximum atomic E-state index is 12.9. The van der Waals surface area contributed by atoms with Crippen molar-refractivity contribution in [3.05, 3.63) is 76.5 Å². The van der Waals surface area contributed by atoms with E-state index in [-0.39, 0.29) is 5.56 Å². The summed E-state index contributed by atoms with van der Waals surface area (Å²) in [5.41, 5.74) is 8.67. The number of ether oxygens (including phenoxy) is 2. The molecular formula is C27H28N6O4. The molecular weight excluding hydrogens is 472 g/mol. The van der Waals surface area contributed by atoms with Gasteiger partial charge in [0, 0.05) is 49.5 Å². The summed E-state index contributed by atoms with van der Waals surface area (Å²) in [6, 6.07) is 10.7. The third-order valence-electron chi connectivity index (χ3n) is 6.48. The van der Waals surface area contributed by atoms with Crippen molar-refractivity contribution in [1.29, 1.82) is 0 Å². The third-order valence-corrected chi connectivity index (χ3v) is 6.48. The number of hydrogen-bond donors (Lipinski definition) is 3. The lowest BCUT2D eigenvalue weighted by Gasteiger charge is -2.27. The van der Waals surface area contributed by atoms with Gasteiger partial charge in [0.25, 0.3) is 5.56 Å². The second-order valence-electron chi connectivity index (χ2n) is 8.77. The number of rotatable bonds is 8. The molecule has 0 radical (unpaired) electrons. The highest BCUT2D eigenvalue weighted by atomic mass is 16.5. The first-order valence-corrected chi connectivity index (χ1v) is 12.0. The highest BCUT2D eigenvalue weighted by Crippen LogP contribution is 2.33. The zero-order valence-corrected chi connectivity index (χ0v) is 20.5. The molecule has 1 fully saturated rings. The highest BCUT2D eigenvalue weighted by Gasteiger charge is 2.17. The minimum atomic E-state index is -0.495. The number of nitrogens with two attached hydrogens (primary N) is 1. The predicted octanol–water partition coefficient (Wildman–Crippen LogP) is 2.71. The van der Waals surface area contributed by atoms with Crippen LogP contribution in [0.15, 0.2) is 59.8 Å². The van der Waals surface area contributed by atoms with Gasteiger partial charge in [0.2, 0.25) is 5.91 Å². The fourth-order valence-electron chi connectivity index (χ4n) is 4.50.